The standard InChI is InChI=1S/C13H11BrN2O4S/c14-12-4-2-9(21-12)5-6-15-11-7-8(16(19)20)1-3-10(11)13(17)18/h1-4,7,15H,5-6H2,(H,17,18). The van der Waals surface area contributed by atoms with E-state index < -0.39 is 10.9 Å². The fourth-order valence-electron chi connectivity index (χ4n) is 1.79. The summed E-state index contributed by atoms with van der Waals surface area (Å²) in [5, 5.41) is 22.8. The van der Waals surface area contributed by atoms with Crippen LogP contribution in [0.4, 0.5) is 11.4 Å². The molecule has 110 valence electrons. The Morgan fingerprint density at radius 3 is 2.71 bits per heavy atom. The molecule has 21 heavy (non-hydrogen) atoms. The zero-order valence-electron chi connectivity index (χ0n) is 10.7. The first-order valence-electron chi connectivity index (χ1n) is 5.97. The predicted molar refractivity (Wildman–Crippen MR) is 84.3 cm³/mol. The van der Waals surface area contributed by atoms with Crippen LogP contribution >= 0.6 is 27.3 Å². The number of thiophene rings is 1. The Morgan fingerprint density at radius 1 is 1.38 bits per heavy atom. The quantitative estimate of drug-likeness (QED) is 0.596. The Morgan fingerprint density at radius 2 is 2.14 bits per heavy atom. The Balaban J connectivity index is 2.11. The van der Waals surface area contributed by atoms with Gasteiger partial charge in [0.25, 0.3) is 5.69 Å². The summed E-state index contributed by atoms with van der Waals surface area (Å²) in [7, 11) is 0. The van der Waals surface area contributed by atoms with Gasteiger partial charge in [-0.05, 0) is 40.5 Å². The van der Waals surface area contributed by atoms with E-state index in [1.54, 1.807) is 11.3 Å². The van der Waals surface area contributed by atoms with Crippen molar-refractivity contribution >= 4 is 44.6 Å². The molecule has 0 unspecified atom stereocenters. The van der Waals surface area contributed by atoms with Gasteiger partial charge < -0.3 is 10.4 Å². The van der Waals surface area contributed by atoms with Crippen molar-refractivity contribution in [1.29, 1.82) is 0 Å². The van der Waals surface area contributed by atoms with Gasteiger partial charge in [-0.3, -0.25) is 10.1 Å². The van der Waals surface area contributed by atoms with Gasteiger partial charge in [0.1, 0.15) is 0 Å². The fourth-order valence-corrected chi connectivity index (χ4v) is 3.27. The minimum Gasteiger partial charge on any atom is -0.478 e. The van der Waals surface area contributed by atoms with Crippen molar-refractivity contribution in [3.8, 4) is 0 Å². The van der Waals surface area contributed by atoms with Crippen LogP contribution in [-0.4, -0.2) is 22.5 Å². The predicted octanol–water partition coefficient (Wildman–Crippen LogP) is 3.77. The van der Waals surface area contributed by atoms with Crippen LogP contribution < -0.4 is 5.32 Å². The van der Waals surface area contributed by atoms with Gasteiger partial charge in [0.05, 0.1) is 20.0 Å². The van der Waals surface area contributed by atoms with Crippen molar-refractivity contribution in [3.05, 3.63) is 54.7 Å². The molecule has 8 heteroatoms. The van der Waals surface area contributed by atoms with Gasteiger partial charge in [-0.2, -0.15) is 0 Å². The third kappa shape index (κ3) is 4.02. The number of carbonyl (C=O) groups is 1. The van der Waals surface area contributed by atoms with Crippen LogP contribution in [-0.2, 0) is 6.42 Å². The number of nitrogens with zero attached hydrogens (tertiary/aromatic N) is 1. The third-order valence-corrected chi connectivity index (χ3v) is 4.44. The number of carboxylic acids is 1. The molecule has 0 fully saturated rings. The highest BCUT2D eigenvalue weighted by atomic mass is 79.9. The van der Waals surface area contributed by atoms with Crippen LogP contribution in [0.1, 0.15) is 15.2 Å². The summed E-state index contributed by atoms with van der Waals surface area (Å²) in [6, 6.07) is 7.58. The number of nitrogens with one attached hydrogen (secondary N) is 1. The fraction of sp³-hybridized carbons (Fsp3) is 0.154. The molecule has 0 amide bonds. The number of rotatable bonds is 6. The van der Waals surface area contributed by atoms with Gasteiger partial charge >= 0.3 is 5.97 Å². The Bertz CT molecular complexity index is 687. The maximum Gasteiger partial charge on any atom is 0.337 e. The number of halogens is 1. The first-order valence-corrected chi connectivity index (χ1v) is 7.58. The molecular weight excluding hydrogens is 360 g/mol. The maximum absolute atomic E-state index is 11.1. The minimum absolute atomic E-state index is 0.0213. The van der Waals surface area contributed by atoms with E-state index in [0.29, 0.717) is 13.0 Å². The second-order valence-electron chi connectivity index (χ2n) is 4.17. The van der Waals surface area contributed by atoms with Crippen LogP contribution in [0.15, 0.2) is 34.1 Å². The van der Waals surface area contributed by atoms with Crippen LogP contribution in [0, 0.1) is 10.1 Å². The molecule has 1 aromatic heterocycles. The summed E-state index contributed by atoms with van der Waals surface area (Å²) in [5.74, 6) is -1.12. The van der Waals surface area contributed by atoms with Gasteiger partial charge in [-0.25, -0.2) is 4.79 Å². The van der Waals surface area contributed by atoms with Gasteiger partial charge in [0.2, 0.25) is 0 Å². The number of hydrogen-bond donors (Lipinski definition) is 2. The van der Waals surface area contributed by atoms with Crippen molar-refractivity contribution < 1.29 is 14.8 Å². The summed E-state index contributed by atoms with van der Waals surface area (Å²) in [6.07, 6.45) is 0.706. The van der Waals surface area contributed by atoms with Gasteiger partial charge in [-0.15, -0.1) is 11.3 Å². The van der Waals surface area contributed by atoms with Crippen molar-refractivity contribution in [2.75, 3.05) is 11.9 Å². The molecule has 0 atom stereocenters. The van der Waals surface area contributed by atoms with Crippen LogP contribution in [0.5, 0.6) is 0 Å². The van der Waals surface area contributed by atoms with E-state index in [0.717, 1.165) is 8.66 Å². The molecular formula is C13H11BrN2O4S. The lowest BCUT2D eigenvalue weighted by Crippen LogP contribution is -2.09. The number of non-ortho nitro benzene ring substituents is 1. The normalized spacial score (nSPS) is 10.3. The Hall–Kier alpha value is -1.93. The minimum atomic E-state index is -1.12. The van der Waals surface area contributed by atoms with E-state index in [2.05, 4.69) is 21.2 Å². The summed E-state index contributed by atoms with van der Waals surface area (Å²) < 4.78 is 1.03. The first kappa shape index (κ1) is 15.5. The SMILES string of the molecule is O=C(O)c1ccc([N+](=O)[O-])cc1NCCc1ccc(Br)s1. The van der Waals surface area contributed by atoms with Crippen LogP contribution in [0.25, 0.3) is 0 Å². The lowest BCUT2D eigenvalue weighted by Gasteiger charge is -2.08. The largest absolute Gasteiger partial charge is 0.478 e. The van der Waals surface area contributed by atoms with Crippen molar-refractivity contribution in [2.24, 2.45) is 0 Å². The lowest BCUT2D eigenvalue weighted by atomic mass is 10.1. The highest BCUT2D eigenvalue weighted by Gasteiger charge is 2.15. The molecule has 0 aliphatic carbocycles. The second kappa shape index (κ2) is 6.68. The highest BCUT2D eigenvalue weighted by molar-refractivity contribution is 9.11. The molecule has 2 rings (SSSR count). The van der Waals surface area contributed by atoms with Gasteiger partial charge in [0, 0.05) is 23.6 Å². The maximum atomic E-state index is 11.1. The summed E-state index contributed by atoms with van der Waals surface area (Å²) in [5.41, 5.74) is 0.140. The van der Waals surface area contributed by atoms with E-state index in [1.165, 1.54) is 18.2 Å². The van der Waals surface area contributed by atoms with Crippen LogP contribution in [0.3, 0.4) is 0 Å². The third-order valence-electron chi connectivity index (χ3n) is 2.76. The lowest BCUT2D eigenvalue weighted by molar-refractivity contribution is -0.384. The van der Waals surface area contributed by atoms with Gasteiger partial charge in [-0.1, -0.05) is 0 Å². The monoisotopic (exact) mass is 370 g/mol. The zero-order chi connectivity index (χ0) is 15.4. The molecule has 0 radical (unpaired) electrons. The molecule has 2 N–H and O–H groups in total. The molecule has 1 heterocycles. The zero-order valence-corrected chi connectivity index (χ0v) is 13.1. The molecule has 0 saturated carbocycles. The molecule has 6 nitrogen and oxygen atoms in total. The first-order chi connectivity index (χ1) is 9.97. The van der Waals surface area contributed by atoms with E-state index in [1.807, 2.05) is 12.1 Å². The average molecular weight is 371 g/mol. The number of hydrogen-bond acceptors (Lipinski definition) is 5. The molecule has 0 bridgehead atoms. The molecule has 1 aromatic carbocycles. The number of carboxylic acid groups (broad SMARTS) is 1. The van der Waals surface area contributed by atoms with Crippen LogP contribution in [0.2, 0.25) is 0 Å². The van der Waals surface area contributed by atoms with Crippen molar-refractivity contribution in [1.82, 2.24) is 0 Å². The molecule has 0 saturated heterocycles. The Kier molecular flexibility index (Phi) is 4.92. The molecule has 0 aliphatic rings. The van der Waals surface area contributed by atoms with E-state index in [9.17, 15) is 14.9 Å². The molecule has 0 aliphatic heterocycles. The highest BCUT2D eigenvalue weighted by Crippen LogP contribution is 2.24. The summed E-state index contributed by atoms with van der Waals surface area (Å²) in [6.45, 7) is 0.494. The topological polar surface area (TPSA) is 92.5 Å². The second-order valence-corrected chi connectivity index (χ2v) is 6.72. The number of benzene rings is 1. The number of nitro groups is 1. The number of anilines is 1. The summed E-state index contributed by atoms with van der Waals surface area (Å²) in [4.78, 5) is 22.5. The molecule has 2 aromatic rings. The van der Waals surface area contributed by atoms with E-state index in [-0.39, 0.29) is 16.9 Å². The average Bonchev–Trinajstić information content (AvgIpc) is 2.84. The van der Waals surface area contributed by atoms with Crippen molar-refractivity contribution in [3.63, 3.8) is 0 Å². The summed E-state index contributed by atoms with van der Waals surface area (Å²) >= 11 is 4.96. The van der Waals surface area contributed by atoms with Gasteiger partial charge in [0.15, 0.2) is 0 Å². The van der Waals surface area contributed by atoms with Crippen molar-refractivity contribution in [2.45, 2.75) is 6.42 Å². The van der Waals surface area contributed by atoms with E-state index in [4.69, 9.17) is 5.11 Å². The Labute approximate surface area is 132 Å². The van der Waals surface area contributed by atoms with E-state index >= 15 is 0 Å². The molecule has 0 spiro atoms. The number of aromatic carboxylic acids is 1. The number of nitro benzene ring substituents is 1. The smallest absolute Gasteiger partial charge is 0.337 e.